The van der Waals surface area contributed by atoms with E-state index in [-0.39, 0.29) is 6.04 Å². The first-order chi connectivity index (χ1) is 5.07. The van der Waals surface area contributed by atoms with Crippen LogP contribution in [-0.2, 0) is 4.79 Å². The van der Waals surface area contributed by atoms with E-state index in [2.05, 4.69) is 10.6 Å². The molecule has 0 aromatic carbocycles. The number of hydrogen-bond donors (Lipinski definition) is 3. The van der Waals surface area contributed by atoms with Crippen molar-refractivity contribution in [2.75, 3.05) is 13.6 Å². The molecular weight excluding hydrogens is 144 g/mol. The van der Waals surface area contributed by atoms with E-state index in [1.165, 1.54) is 0 Å². The summed E-state index contributed by atoms with van der Waals surface area (Å²) in [4.78, 5) is 10.5. The summed E-state index contributed by atoms with van der Waals surface area (Å²) in [6.07, 6.45) is 0. The lowest BCUT2D eigenvalue weighted by molar-refractivity contribution is -0.139. The lowest BCUT2D eigenvalue weighted by Gasteiger charge is -2.16. The van der Waals surface area contributed by atoms with Crippen molar-refractivity contribution >= 4 is 5.97 Å². The molecule has 0 aliphatic heterocycles. The predicted molar refractivity (Wildman–Crippen MR) is 43.6 cm³/mol. The Hall–Kier alpha value is -0.610. The molecule has 0 aromatic rings. The highest BCUT2D eigenvalue weighted by Crippen LogP contribution is 1.85. The minimum absolute atomic E-state index is 0.199. The maximum atomic E-state index is 10.5. The third kappa shape index (κ3) is 4.75. The van der Waals surface area contributed by atoms with Gasteiger partial charge in [-0.3, -0.25) is 4.79 Å². The summed E-state index contributed by atoms with van der Waals surface area (Å²) in [5, 5.41) is 14.4. The van der Waals surface area contributed by atoms with Gasteiger partial charge in [0.25, 0.3) is 0 Å². The van der Waals surface area contributed by atoms with Gasteiger partial charge in [-0.05, 0) is 7.05 Å². The second-order valence-electron chi connectivity index (χ2n) is 2.77. The summed E-state index contributed by atoms with van der Waals surface area (Å²) < 4.78 is 0. The predicted octanol–water partition coefficient (Wildman–Crippen LogP) is -0.343. The van der Waals surface area contributed by atoms with Crippen LogP contribution in [0.2, 0.25) is 0 Å². The number of hydrogen-bond acceptors (Lipinski definition) is 3. The van der Waals surface area contributed by atoms with Gasteiger partial charge in [0.05, 0.1) is 0 Å². The third-order valence-electron chi connectivity index (χ3n) is 1.24. The highest BCUT2D eigenvalue weighted by Gasteiger charge is 2.15. The summed E-state index contributed by atoms with van der Waals surface area (Å²) in [6, 6.07) is -0.288. The maximum absolute atomic E-state index is 10.5. The van der Waals surface area contributed by atoms with Crippen LogP contribution in [0.1, 0.15) is 13.8 Å². The molecule has 0 unspecified atom stereocenters. The Bertz CT molecular complexity index is 126. The smallest absolute Gasteiger partial charge is 0.322 e. The lowest BCUT2D eigenvalue weighted by Crippen LogP contribution is -2.46. The molecule has 0 heterocycles. The Morgan fingerprint density at radius 3 is 2.36 bits per heavy atom. The van der Waals surface area contributed by atoms with Crippen molar-refractivity contribution in [1.82, 2.24) is 10.6 Å². The fraction of sp³-hybridized carbons (Fsp3) is 0.857. The quantitative estimate of drug-likeness (QED) is 0.515. The van der Waals surface area contributed by atoms with Crippen molar-refractivity contribution < 1.29 is 9.90 Å². The molecule has 0 aliphatic carbocycles. The molecule has 0 saturated heterocycles. The summed E-state index contributed by atoms with van der Waals surface area (Å²) in [5.41, 5.74) is 0. The number of carbonyl (C=O) groups is 1. The fourth-order valence-electron chi connectivity index (χ4n) is 0.824. The first-order valence-corrected chi connectivity index (χ1v) is 3.71. The minimum Gasteiger partial charge on any atom is -0.480 e. The van der Waals surface area contributed by atoms with Gasteiger partial charge in [0.15, 0.2) is 0 Å². The van der Waals surface area contributed by atoms with Crippen LogP contribution in [0.15, 0.2) is 0 Å². The Balaban J connectivity index is 3.79. The van der Waals surface area contributed by atoms with Crippen molar-refractivity contribution in [2.24, 2.45) is 0 Å². The summed E-state index contributed by atoms with van der Waals surface area (Å²) in [7, 11) is 1.73. The van der Waals surface area contributed by atoms with E-state index < -0.39 is 12.0 Å². The molecule has 0 bridgehead atoms. The number of carboxylic acids is 1. The number of nitrogens with one attached hydrogen (secondary N) is 2. The van der Waals surface area contributed by atoms with Crippen LogP contribution in [-0.4, -0.2) is 36.8 Å². The van der Waals surface area contributed by atoms with Crippen LogP contribution in [0, 0.1) is 0 Å². The van der Waals surface area contributed by atoms with E-state index in [1.54, 1.807) is 7.05 Å². The molecule has 0 radical (unpaired) electrons. The normalized spacial score (nSPS) is 13.5. The largest absolute Gasteiger partial charge is 0.480 e. The van der Waals surface area contributed by atoms with Gasteiger partial charge < -0.3 is 15.7 Å². The first-order valence-electron chi connectivity index (χ1n) is 3.71. The van der Waals surface area contributed by atoms with E-state index in [1.807, 2.05) is 13.8 Å². The molecule has 0 saturated carbocycles. The Morgan fingerprint density at radius 1 is 1.55 bits per heavy atom. The molecular formula is C7H16N2O2. The molecule has 0 aliphatic rings. The fourth-order valence-corrected chi connectivity index (χ4v) is 0.824. The average molecular weight is 160 g/mol. The SMILES string of the molecule is CNC[C@H](NC(C)C)C(=O)O. The minimum atomic E-state index is -0.812. The Labute approximate surface area is 67.0 Å². The van der Waals surface area contributed by atoms with E-state index in [4.69, 9.17) is 5.11 Å². The molecule has 0 fully saturated rings. The van der Waals surface area contributed by atoms with Gasteiger partial charge >= 0.3 is 5.97 Å². The van der Waals surface area contributed by atoms with Crippen LogP contribution < -0.4 is 10.6 Å². The second-order valence-corrected chi connectivity index (χ2v) is 2.77. The zero-order chi connectivity index (χ0) is 8.85. The zero-order valence-electron chi connectivity index (χ0n) is 7.22. The maximum Gasteiger partial charge on any atom is 0.322 e. The number of aliphatic carboxylic acids is 1. The van der Waals surface area contributed by atoms with E-state index >= 15 is 0 Å². The first kappa shape index (κ1) is 10.4. The standard InChI is InChI=1S/C7H16N2O2/c1-5(2)9-6(4-8-3)7(10)11/h5-6,8-9H,4H2,1-3H3,(H,10,11)/t6-/m0/s1. The van der Waals surface area contributed by atoms with Gasteiger partial charge in [-0.15, -0.1) is 0 Å². The number of likely N-dealkylation sites (N-methyl/N-ethyl adjacent to an activating group) is 1. The Morgan fingerprint density at radius 2 is 2.09 bits per heavy atom. The summed E-state index contributed by atoms with van der Waals surface area (Å²) in [5.74, 6) is -0.812. The van der Waals surface area contributed by atoms with Crippen LogP contribution in [0.4, 0.5) is 0 Å². The zero-order valence-corrected chi connectivity index (χ0v) is 7.22. The topological polar surface area (TPSA) is 61.4 Å². The summed E-state index contributed by atoms with van der Waals surface area (Å²) in [6.45, 7) is 4.30. The molecule has 66 valence electrons. The third-order valence-corrected chi connectivity index (χ3v) is 1.24. The van der Waals surface area contributed by atoms with Gasteiger partial charge in [-0.2, -0.15) is 0 Å². The second kappa shape index (κ2) is 5.09. The summed E-state index contributed by atoms with van der Waals surface area (Å²) >= 11 is 0. The molecule has 3 N–H and O–H groups in total. The van der Waals surface area contributed by atoms with Gasteiger partial charge in [0.1, 0.15) is 6.04 Å². The van der Waals surface area contributed by atoms with Crippen molar-refractivity contribution in [3.63, 3.8) is 0 Å². The van der Waals surface area contributed by atoms with Crippen molar-refractivity contribution in [2.45, 2.75) is 25.9 Å². The van der Waals surface area contributed by atoms with Crippen LogP contribution in [0.3, 0.4) is 0 Å². The molecule has 0 rings (SSSR count). The van der Waals surface area contributed by atoms with Crippen molar-refractivity contribution in [1.29, 1.82) is 0 Å². The van der Waals surface area contributed by atoms with E-state index in [9.17, 15) is 4.79 Å². The number of carboxylic acid groups (broad SMARTS) is 1. The van der Waals surface area contributed by atoms with E-state index in [0.717, 1.165) is 0 Å². The number of rotatable bonds is 5. The molecule has 11 heavy (non-hydrogen) atoms. The Kier molecular flexibility index (Phi) is 4.81. The molecule has 1 atom stereocenters. The van der Waals surface area contributed by atoms with Crippen LogP contribution in [0.5, 0.6) is 0 Å². The molecule has 4 nitrogen and oxygen atoms in total. The van der Waals surface area contributed by atoms with Gasteiger partial charge in [-0.25, -0.2) is 0 Å². The van der Waals surface area contributed by atoms with Gasteiger partial charge in [0, 0.05) is 12.6 Å². The highest BCUT2D eigenvalue weighted by molar-refractivity contribution is 5.73. The molecule has 0 aromatic heterocycles. The monoisotopic (exact) mass is 160 g/mol. The van der Waals surface area contributed by atoms with Crippen LogP contribution in [0.25, 0.3) is 0 Å². The van der Waals surface area contributed by atoms with Crippen molar-refractivity contribution in [3.05, 3.63) is 0 Å². The molecule has 0 amide bonds. The lowest BCUT2D eigenvalue weighted by atomic mass is 10.2. The van der Waals surface area contributed by atoms with Gasteiger partial charge in [0.2, 0.25) is 0 Å². The van der Waals surface area contributed by atoms with Crippen LogP contribution >= 0.6 is 0 Å². The van der Waals surface area contributed by atoms with E-state index in [0.29, 0.717) is 6.54 Å². The molecule has 0 spiro atoms. The van der Waals surface area contributed by atoms with Gasteiger partial charge in [-0.1, -0.05) is 13.8 Å². The highest BCUT2D eigenvalue weighted by atomic mass is 16.4. The van der Waals surface area contributed by atoms with Crippen molar-refractivity contribution in [3.8, 4) is 0 Å². The average Bonchev–Trinajstić information content (AvgIpc) is 1.86. The molecule has 4 heteroatoms.